The average molecular weight is 279 g/mol. The summed E-state index contributed by atoms with van der Waals surface area (Å²) >= 11 is 0. The van der Waals surface area contributed by atoms with Crippen molar-refractivity contribution in [1.82, 2.24) is 9.97 Å². The van der Waals surface area contributed by atoms with Crippen LogP contribution < -0.4 is 10.1 Å². The SMILES string of the molecule is CCCNc1nc(OCCOC)cc(C(F)(F)F)n1. The van der Waals surface area contributed by atoms with E-state index in [0.29, 0.717) is 6.54 Å². The Balaban J connectivity index is 2.89. The van der Waals surface area contributed by atoms with Gasteiger partial charge in [-0.25, -0.2) is 4.98 Å². The molecule has 0 spiro atoms. The van der Waals surface area contributed by atoms with Crippen LogP contribution in [0.25, 0.3) is 0 Å². The third-order valence-electron chi connectivity index (χ3n) is 2.06. The zero-order valence-electron chi connectivity index (χ0n) is 10.8. The predicted octanol–water partition coefficient (Wildman–Crippen LogP) is 2.34. The van der Waals surface area contributed by atoms with Gasteiger partial charge in [-0.15, -0.1) is 0 Å². The minimum atomic E-state index is -4.54. The summed E-state index contributed by atoms with van der Waals surface area (Å²) in [5.41, 5.74) is -1.03. The van der Waals surface area contributed by atoms with Gasteiger partial charge in [-0.2, -0.15) is 18.2 Å². The summed E-state index contributed by atoms with van der Waals surface area (Å²) in [4.78, 5) is 7.27. The molecule has 1 aromatic rings. The number of alkyl halides is 3. The molecular weight excluding hydrogens is 263 g/mol. The minimum Gasteiger partial charge on any atom is -0.475 e. The van der Waals surface area contributed by atoms with Crippen LogP contribution >= 0.6 is 0 Å². The number of nitrogens with one attached hydrogen (secondary N) is 1. The average Bonchev–Trinajstić information content (AvgIpc) is 2.35. The molecule has 0 saturated carbocycles. The summed E-state index contributed by atoms with van der Waals surface area (Å²) in [7, 11) is 1.47. The third kappa shape index (κ3) is 5.29. The van der Waals surface area contributed by atoms with E-state index in [9.17, 15) is 13.2 Å². The quantitative estimate of drug-likeness (QED) is 0.776. The molecule has 0 aliphatic carbocycles. The summed E-state index contributed by atoms with van der Waals surface area (Å²) < 4.78 is 47.8. The van der Waals surface area contributed by atoms with Crippen molar-refractivity contribution in [2.24, 2.45) is 0 Å². The van der Waals surface area contributed by atoms with E-state index in [1.165, 1.54) is 7.11 Å². The molecule has 0 aliphatic heterocycles. The molecule has 1 aromatic heterocycles. The van der Waals surface area contributed by atoms with E-state index in [4.69, 9.17) is 9.47 Å². The molecule has 19 heavy (non-hydrogen) atoms. The van der Waals surface area contributed by atoms with Crippen molar-refractivity contribution in [3.63, 3.8) is 0 Å². The maximum Gasteiger partial charge on any atom is 0.433 e. The van der Waals surface area contributed by atoms with Crippen LogP contribution in [-0.4, -0.2) is 36.8 Å². The normalized spacial score (nSPS) is 11.4. The van der Waals surface area contributed by atoms with E-state index in [1.54, 1.807) is 0 Å². The maximum absolute atomic E-state index is 12.7. The monoisotopic (exact) mass is 279 g/mol. The van der Waals surface area contributed by atoms with Crippen LogP contribution in [-0.2, 0) is 10.9 Å². The van der Waals surface area contributed by atoms with Gasteiger partial charge in [-0.1, -0.05) is 6.92 Å². The van der Waals surface area contributed by atoms with Crippen molar-refractivity contribution in [3.8, 4) is 5.88 Å². The molecule has 1 N–H and O–H groups in total. The fourth-order valence-electron chi connectivity index (χ4n) is 1.19. The zero-order valence-corrected chi connectivity index (χ0v) is 10.8. The van der Waals surface area contributed by atoms with Gasteiger partial charge < -0.3 is 14.8 Å². The summed E-state index contributed by atoms with van der Waals surface area (Å²) in [6, 6.07) is 0.771. The Bertz CT molecular complexity index is 399. The van der Waals surface area contributed by atoms with Gasteiger partial charge in [0.05, 0.1) is 6.61 Å². The Kier molecular flexibility index (Phi) is 5.81. The van der Waals surface area contributed by atoms with Gasteiger partial charge in [0.15, 0.2) is 5.69 Å². The van der Waals surface area contributed by atoms with Crippen LogP contribution in [0.1, 0.15) is 19.0 Å². The summed E-state index contributed by atoms with van der Waals surface area (Å²) in [6.07, 6.45) is -3.79. The standard InChI is InChI=1S/C11H16F3N3O2/c1-3-4-15-10-16-8(11(12,13)14)7-9(17-10)19-6-5-18-2/h7H,3-6H2,1-2H3,(H,15,16,17). The van der Waals surface area contributed by atoms with Crippen LogP contribution in [0.2, 0.25) is 0 Å². The largest absolute Gasteiger partial charge is 0.475 e. The molecule has 0 unspecified atom stereocenters. The Morgan fingerprint density at radius 1 is 1.26 bits per heavy atom. The van der Waals surface area contributed by atoms with Crippen LogP contribution in [0.3, 0.4) is 0 Å². The van der Waals surface area contributed by atoms with Crippen molar-refractivity contribution < 1.29 is 22.6 Å². The number of hydrogen-bond acceptors (Lipinski definition) is 5. The molecule has 0 fully saturated rings. The molecule has 0 bridgehead atoms. The minimum absolute atomic E-state index is 0.0934. The predicted molar refractivity (Wildman–Crippen MR) is 63.2 cm³/mol. The van der Waals surface area contributed by atoms with Crippen LogP contribution in [0.5, 0.6) is 5.88 Å². The van der Waals surface area contributed by atoms with Crippen molar-refractivity contribution in [3.05, 3.63) is 11.8 Å². The van der Waals surface area contributed by atoms with Gasteiger partial charge in [0, 0.05) is 19.7 Å². The summed E-state index contributed by atoms with van der Waals surface area (Å²) in [5, 5.41) is 2.70. The molecule has 0 aromatic carbocycles. The van der Waals surface area contributed by atoms with Crippen molar-refractivity contribution in [1.29, 1.82) is 0 Å². The molecule has 0 saturated heterocycles. The zero-order chi connectivity index (χ0) is 14.3. The lowest BCUT2D eigenvalue weighted by molar-refractivity contribution is -0.141. The van der Waals surface area contributed by atoms with Crippen molar-refractivity contribution >= 4 is 5.95 Å². The van der Waals surface area contributed by atoms with Crippen LogP contribution in [0, 0.1) is 0 Å². The molecule has 0 atom stereocenters. The Morgan fingerprint density at radius 3 is 2.58 bits per heavy atom. The second-order valence-electron chi connectivity index (χ2n) is 3.68. The van der Waals surface area contributed by atoms with Crippen LogP contribution in [0.4, 0.5) is 19.1 Å². The third-order valence-corrected chi connectivity index (χ3v) is 2.06. The van der Waals surface area contributed by atoms with Gasteiger partial charge in [0.2, 0.25) is 11.8 Å². The Labute approximate surface area is 109 Å². The molecule has 1 heterocycles. The van der Waals surface area contributed by atoms with Crippen LogP contribution in [0.15, 0.2) is 6.07 Å². The number of methoxy groups -OCH3 is 1. The van der Waals surface area contributed by atoms with E-state index >= 15 is 0 Å². The number of nitrogens with zero attached hydrogens (tertiary/aromatic N) is 2. The first-order valence-corrected chi connectivity index (χ1v) is 5.79. The first-order chi connectivity index (χ1) is 8.97. The smallest absolute Gasteiger partial charge is 0.433 e. The Hall–Kier alpha value is -1.57. The molecule has 5 nitrogen and oxygen atoms in total. The number of anilines is 1. The number of hydrogen-bond donors (Lipinski definition) is 1. The van der Waals surface area contributed by atoms with Gasteiger partial charge in [-0.3, -0.25) is 0 Å². The van der Waals surface area contributed by atoms with Crippen molar-refractivity contribution in [2.75, 3.05) is 32.2 Å². The molecular formula is C11H16F3N3O2. The molecule has 0 amide bonds. The van der Waals surface area contributed by atoms with E-state index in [0.717, 1.165) is 12.5 Å². The molecule has 0 radical (unpaired) electrons. The second kappa shape index (κ2) is 7.13. The van der Waals surface area contributed by atoms with Gasteiger partial charge in [0.1, 0.15) is 6.61 Å². The van der Waals surface area contributed by atoms with E-state index in [1.807, 2.05) is 6.92 Å². The van der Waals surface area contributed by atoms with Crippen molar-refractivity contribution in [2.45, 2.75) is 19.5 Å². The molecule has 1 rings (SSSR count). The Morgan fingerprint density at radius 2 is 2.00 bits per heavy atom. The highest BCUT2D eigenvalue weighted by Crippen LogP contribution is 2.30. The maximum atomic E-state index is 12.7. The first kappa shape index (κ1) is 15.5. The van der Waals surface area contributed by atoms with E-state index in [2.05, 4.69) is 15.3 Å². The lowest BCUT2D eigenvalue weighted by Crippen LogP contribution is -2.14. The first-order valence-electron chi connectivity index (χ1n) is 5.79. The van der Waals surface area contributed by atoms with Gasteiger partial charge >= 0.3 is 6.18 Å². The number of aromatic nitrogens is 2. The number of ether oxygens (including phenoxy) is 2. The highest BCUT2D eigenvalue weighted by Gasteiger charge is 2.34. The highest BCUT2D eigenvalue weighted by molar-refractivity contribution is 5.31. The summed E-state index contributed by atoms with van der Waals surface area (Å²) in [5.74, 6) is -0.220. The van der Waals surface area contributed by atoms with Gasteiger partial charge in [-0.05, 0) is 6.42 Å². The van der Waals surface area contributed by atoms with E-state index < -0.39 is 11.9 Å². The molecule has 108 valence electrons. The molecule has 0 aliphatic rings. The topological polar surface area (TPSA) is 56.3 Å². The van der Waals surface area contributed by atoms with Gasteiger partial charge in [0.25, 0.3) is 0 Å². The fraction of sp³-hybridized carbons (Fsp3) is 0.636. The number of halogens is 3. The highest BCUT2D eigenvalue weighted by atomic mass is 19.4. The second-order valence-corrected chi connectivity index (χ2v) is 3.68. The fourth-order valence-corrected chi connectivity index (χ4v) is 1.19. The number of rotatable bonds is 7. The lowest BCUT2D eigenvalue weighted by Gasteiger charge is -2.11. The van der Waals surface area contributed by atoms with E-state index in [-0.39, 0.29) is 25.0 Å². The summed E-state index contributed by atoms with van der Waals surface area (Å²) in [6.45, 7) is 2.76. The molecule has 8 heteroatoms. The lowest BCUT2D eigenvalue weighted by atomic mass is 10.4.